The van der Waals surface area contributed by atoms with Gasteiger partial charge in [-0.2, -0.15) is 0 Å². The summed E-state index contributed by atoms with van der Waals surface area (Å²) in [6, 6.07) is 18.3. The predicted molar refractivity (Wildman–Crippen MR) is 143 cm³/mol. The van der Waals surface area contributed by atoms with E-state index in [1.807, 2.05) is 24.0 Å². The number of carboxylic acids is 1. The number of aromatic carboxylic acids is 1. The molecule has 1 saturated heterocycles. The van der Waals surface area contributed by atoms with Gasteiger partial charge in [-0.15, -0.1) is 0 Å². The van der Waals surface area contributed by atoms with Gasteiger partial charge in [0, 0.05) is 12.2 Å². The Balaban J connectivity index is 1.31. The van der Waals surface area contributed by atoms with Gasteiger partial charge in [0.15, 0.2) is 0 Å². The van der Waals surface area contributed by atoms with E-state index < -0.39 is 12.0 Å². The molecule has 0 aliphatic carbocycles. The van der Waals surface area contributed by atoms with Crippen LogP contribution in [-0.4, -0.2) is 47.1 Å². The Kier molecular flexibility index (Phi) is 8.30. The Morgan fingerprint density at radius 2 is 1.76 bits per heavy atom. The number of nitrogens with one attached hydrogen (secondary N) is 2. The predicted octanol–water partition coefficient (Wildman–Crippen LogP) is 5.60. The van der Waals surface area contributed by atoms with E-state index in [2.05, 4.69) is 10.6 Å². The second-order valence-corrected chi connectivity index (χ2v) is 9.32. The van der Waals surface area contributed by atoms with Crippen molar-refractivity contribution in [3.05, 3.63) is 88.4 Å². The van der Waals surface area contributed by atoms with Crippen LogP contribution in [0.25, 0.3) is 0 Å². The number of anilines is 2. The minimum atomic E-state index is -0.987. The van der Waals surface area contributed by atoms with Crippen LogP contribution in [-0.2, 0) is 11.2 Å². The third-order valence-electron chi connectivity index (χ3n) is 6.26. The van der Waals surface area contributed by atoms with Crippen LogP contribution in [0.2, 0.25) is 5.02 Å². The zero-order chi connectivity index (χ0) is 26.4. The number of halogens is 1. The number of amides is 3. The van der Waals surface area contributed by atoms with Gasteiger partial charge in [-0.3, -0.25) is 4.79 Å². The summed E-state index contributed by atoms with van der Waals surface area (Å²) in [5.41, 5.74) is 3.05. The van der Waals surface area contributed by atoms with Crippen LogP contribution in [0.1, 0.15) is 34.3 Å². The van der Waals surface area contributed by atoms with Gasteiger partial charge >= 0.3 is 12.0 Å². The first-order valence-corrected chi connectivity index (χ1v) is 12.4. The summed E-state index contributed by atoms with van der Waals surface area (Å²) < 4.78 is 5.84. The normalized spacial score (nSPS) is 14.8. The minimum Gasteiger partial charge on any atom is -0.491 e. The number of para-hydroxylation sites is 1. The van der Waals surface area contributed by atoms with Gasteiger partial charge in [-0.25, -0.2) is 9.59 Å². The summed E-state index contributed by atoms with van der Waals surface area (Å²) in [4.78, 5) is 38.3. The molecule has 3 aromatic carbocycles. The molecule has 1 aliphatic heterocycles. The molecule has 0 saturated carbocycles. The molecule has 8 nitrogen and oxygen atoms in total. The van der Waals surface area contributed by atoms with Crippen LogP contribution in [0.4, 0.5) is 16.2 Å². The van der Waals surface area contributed by atoms with E-state index >= 15 is 0 Å². The highest BCUT2D eigenvalue weighted by Gasteiger charge is 2.29. The van der Waals surface area contributed by atoms with Crippen molar-refractivity contribution in [2.75, 3.05) is 23.8 Å². The molecule has 4 rings (SSSR count). The van der Waals surface area contributed by atoms with Gasteiger partial charge in [-0.1, -0.05) is 35.9 Å². The first-order chi connectivity index (χ1) is 17.8. The Morgan fingerprint density at radius 1 is 1.03 bits per heavy atom. The molecule has 0 bridgehead atoms. The molecule has 1 atom stereocenters. The highest BCUT2D eigenvalue weighted by molar-refractivity contribution is 6.33. The summed E-state index contributed by atoms with van der Waals surface area (Å²) >= 11 is 6.10. The van der Waals surface area contributed by atoms with Crippen LogP contribution in [0.5, 0.6) is 5.75 Å². The number of hydrogen-bond donors (Lipinski definition) is 3. The van der Waals surface area contributed by atoms with E-state index in [0.717, 1.165) is 24.0 Å². The molecular formula is C28H28ClN3O5. The van der Waals surface area contributed by atoms with Gasteiger partial charge in [0.2, 0.25) is 5.91 Å². The lowest BCUT2D eigenvalue weighted by atomic mass is 10.1. The summed E-state index contributed by atoms with van der Waals surface area (Å²) in [7, 11) is 0. The van der Waals surface area contributed by atoms with E-state index in [9.17, 15) is 14.4 Å². The van der Waals surface area contributed by atoms with E-state index in [1.54, 1.807) is 42.5 Å². The molecule has 1 fully saturated rings. The minimum absolute atomic E-state index is 0.0175. The van der Waals surface area contributed by atoms with Crippen molar-refractivity contribution in [2.45, 2.75) is 32.2 Å². The number of nitrogens with zero attached hydrogens (tertiary/aromatic N) is 1. The van der Waals surface area contributed by atoms with Gasteiger partial charge < -0.3 is 25.4 Å². The number of benzene rings is 3. The Labute approximate surface area is 220 Å². The standard InChI is InChI=1S/C28H28ClN3O5/c1-18-15-19(8-13-24(18)30-28(36)31-25-7-3-2-6-23(25)29)16-26(33)32-14-4-5-21(32)17-37-22-11-9-20(10-12-22)27(34)35/h2-3,6-13,15,21H,4-5,14,16-17H2,1H3,(H,34,35)(H2,30,31,36). The van der Waals surface area contributed by atoms with E-state index in [-0.39, 0.29) is 23.9 Å². The molecule has 0 spiro atoms. The molecule has 3 amide bonds. The Hall–Kier alpha value is -4.04. The first-order valence-electron chi connectivity index (χ1n) is 12.0. The van der Waals surface area contributed by atoms with Crippen molar-refractivity contribution >= 4 is 40.9 Å². The third-order valence-corrected chi connectivity index (χ3v) is 6.59. The maximum Gasteiger partial charge on any atom is 0.335 e. The van der Waals surface area contributed by atoms with Crippen LogP contribution < -0.4 is 15.4 Å². The fourth-order valence-electron chi connectivity index (χ4n) is 4.31. The number of aryl methyl sites for hydroxylation is 1. The lowest BCUT2D eigenvalue weighted by molar-refractivity contribution is -0.131. The van der Waals surface area contributed by atoms with Crippen LogP contribution in [0, 0.1) is 6.92 Å². The highest BCUT2D eigenvalue weighted by atomic mass is 35.5. The van der Waals surface area contributed by atoms with Gasteiger partial charge in [0.1, 0.15) is 12.4 Å². The zero-order valence-corrected chi connectivity index (χ0v) is 21.1. The number of hydrogen-bond acceptors (Lipinski definition) is 4. The summed E-state index contributed by atoms with van der Waals surface area (Å²) in [5.74, 6) is -0.399. The summed E-state index contributed by atoms with van der Waals surface area (Å²) in [6.45, 7) is 2.90. The maximum absolute atomic E-state index is 13.1. The molecule has 0 radical (unpaired) electrons. The smallest absolute Gasteiger partial charge is 0.335 e. The first kappa shape index (κ1) is 26.0. The third kappa shape index (κ3) is 6.80. The molecule has 1 unspecified atom stereocenters. The number of ether oxygens (including phenoxy) is 1. The molecule has 1 heterocycles. The molecule has 3 aromatic rings. The monoisotopic (exact) mass is 521 g/mol. The van der Waals surface area contributed by atoms with Crippen LogP contribution in [0.15, 0.2) is 66.7 Å². The highest BCUT2D eigenvalue weighted by Crippen LogP contribution is 2.24. The molecule has 0 aromatic heterocycles. The average molecular weight is 522 g/mol. The lowest BCUT2D eigenvalue weighted by Gasteiger charge is -2.25. The molecule has 37 heavy (non-hydrogen) atoms. The number of rotatable bonds is 8. The van der Waals surface area contributed by atoms with Crippen molar-refractivity contribution in [3.8, 4) is 5.75 Å². The maximum atomic E-state index is 13.1. The quantitative estimate of drug-likeness (QED) is 0.357. The number of urea groups is 1. The number of carbonyl (C=O) groups excluding carboxylic acids is 2. The van der Waals surface area contributed by atoms with E-state index in [4.69, 9.17) is 21.4 Å². The van der Waals surface area contributed by atoms with E-state index in [1.165, 1.54) is 12.1 Å². The molecule has 9 heteroatoms. The van der Waals surface area contributed by atoms with E-state index in [0.29, 0.717) is 35.3 Å². The Morgan fingerprint density at radius 3 is 2.46 bits per heavy atom. The van der Waals surface area contributed by atoms with Crippen molar-refractivity contribution < 1.29 is 24.2 Å². The van der Waals surface area contributed by atoms with Gasteiger partial charge in [0.05, 0.1) is 28.7 Å². The second-order valence-electron chi connectivity index (χ2n) is 8.91. The molecule has 1 aliphatic rings. The lowest BCUT2D eigenvalue weighted by Crippen LogP contribution is -2.39. The number of carbonyl (C=O) groups is 3. The topological polar surface area (TPSA) is 108 Å². The van der Waals surface area contributed by atoms with Crippen molar-refractivity contribution in [3.63, 3.8) is 0 Å². The van der Waals surface area contributed by atoms with Crippen molar-refractivity contribution in [1.29, 1.82) is 0 Å². The Bertz CT molecular complexity index is 1300. The van der Waals surface area contributed by atoms with Crippen LogP contribution >= 0.6 is 11.6 Å². The molecule has 192 valence electrons. The fraction of sp³-hybridized carbons (Fsp3) is 0.250. The average Bonchev–Trinajstić information content (AvgIpc) is 3.35. The zero-order valence-electron chi connectivity index (χ0n) is 20.4. The van der Waals surface area contributed by atoms with Gasteiger partial charge in [0.25, 0.3) is 0 Å². The SMILES string of the molecule is Cc1cc(CC(=O)N2CCCC2COc2ccc(C(=O)O)cc2)ccc1NC(=O)Nc1ccccc1Cl. The number of carboxylic acid groups (broad SMARTS) is 1. The second kappa shape index (κ2) is 11.8. The fourth-order valence-corrected chi connectivity index (χ4v) is 4.50. The molecular weight excluding hydrogens is 494 g/mol. The number of likely N-dealkylation sites (tertiary alicyclic amines) is 1. The van der Waals surface area contributed by atoms with Gasteiger partial charge in [-0.05, 0) is 73.4 Å². The summed E-state index contributed by atoms with van der Waals surface area (Å²) in [5, 5.41) is 15.0. The van der Waals surface area contributed by atoms with Crippen molar-refractivity contribution in [1.82, 2.24) is 4.90 Å². The van der Waals surface area contributed by atoms with Crippen LogP contribution in [0.3, 0.4) is 0 Å². The van der Waals surface area contributed by atoms with Crippen molar-refractivity contribution in [2.24, 2.45) is 0 Å². The largest absolute Gasteiger partial charge is 0.491 e. The molecule has 3 N–H and O–H groups in total. The summed E-state index contributed by atoms with van der Waals surface area (Å²) in [6.07, 6.45) is 2.00.